The molecule has 0 radical (unpaired) electrons. The van der Waals surface area contributed by atoms with Crippen LogP contribution in [0.3, 0.4) is 0 Å². The number of aromatic nitrogens is 4. The number of nitrogens with zero attached hydrogens (tertiary/aromatic N) is 5. The van der Waals surface area contributed by atoms with E-state index in [4.69, 9.17) is 4.52 Å². The molecule has 1 fully saturated rings. The first-order valence-corrected chi connectivity index (χ1v) is 8.61. The third kappa shape index (κ3) is 2.69. The van der Waals surface area contributed by atoms with Crippen LogP contribution in [0.4, 0.5) is 0 Å². The van der Waals surface area contributed by atoms with E-state index in [2.05, 4.69) is 15.1 Å². The third-order valence-electron chi connectivity index (χ3n) is 4.71. The van der Waals surface area contributed by atoms with Crippen molar-refractivity contribution in [3.05, 3.63) is 41.8 Å². The molecule has 1 aliphatic rings. The molecule has 130 valence electrons. The predicted molar refractivity (Wildman–Crippen MR) is 92.1 cm³/mol. The van der Waals surface area contributed by atoms with E-state index in [0.717, 1.165) is 23.9 Å². The van der Waals surface area contributed by atoms with Crippen LogP contribution in [0, 0.1) is 0 Å². The maximum atomic E-state index is 13.0. The number of likely N-dealkylation sites (tertiary alicyclic amines) is 1. The normalized spacial score (nSPS) is 17.8. The Morgan fingerprint density at radius 3 is 2.88 bits per heavy atom. The molecule has 0 spiro atoms. The lowest BCUT2D eigenvalue weighted by molar-refractivity contribution is 0.0704. The van der Waals surface area contributed by atoms with Crippen LogP contribution in [0.25, 0.3) is 11.0 Å². The highest BCUT2D eigenvalue weighted by Gasteiger charge is 2.35. The number of carbonyl (C=O) groups is 1. The minimum absolute atomic E-state index is 0.0881. The number of pyridine rings is 1. The first-order chi connectivity index (χ1) is 12.0. The van der Waals surface area contributed by atoms with Crippen LogP contribution in [-0.2, 0) is 7.05 Å². The molecule has 7 heteroatoms. The van der Waals surface area contributed by atoms with E-state index in [1.165, 1.54) is 0 Å². The molecular weight excluding hydrogens is 318 g/mol. The average molecular weight is 339 g/mol. The minimum Gasteiger partial charge on any atom is -0.337 e. The van der Waals surface area contributed by atoms with Crippen molar-refractivity contribution in [2.24, 2.45) is 7.05 Å². The van der Waals surface area contributed by atoms with Crippen molar-refractivity contribution >= 4 is 16.9 Å². The largest absolute Gasteiger partial charge is 0.337 e. The Morgan fingerprint density at radius 2 is 2.12 bits per heavy atom. The summed E-state index contributed by atoms with van der Waals surface area (Å²) in [7, 11) is 1.92. The van der Waals surface area contributed by atoms with Gasteiger partial charge < -0.3 is 14.0 Å². The van der Waals surface area contributed by atoms with Gasteiger partial charge in [-0.25, -0.2) is 4.98 Å². The number of rotatable bonds is 3. The summed E-state index contributed by atoms with van der Waals surface area (Å²) in [4.78, 5) is 23.8. The molecule has 1 aliphatic heterocycles. The third-order valence-corrected chi connectivity index (χ3v) is 4.71. The van der Waals surface area contributed by atoms with Gasteiger partial charge in [0.15, 0.2) is 5.82 Å². The number of hydrogen-bond donors (Lipinski definition) is 0. The van der Waals surface area contributed by atoms with Gasteiger partial charge in [0, 0.05) is 31.1 Å². The van der Waals surface area contributed by atoms with E-state index >= 15 is 0 Å². The van der Waals surface area contributed by atoms with Crippen molar-refractivity contribution < 1.29 is 9.32 Å². The molecule has 7 nitrogen and oxygen atoms in total. The zero-order valence-corrected chi connectivity index (χ0v) is 14.6. The van der Waals surface area contributed by atoms with Crippen molar-refractivity contribution in [1.82, 2.24) is 24.6 Å². The molecule has 0 unspecified atom stereocenters. The van der Waals surface area contributed by atoms with Gasteiger partial charge in [-0.05, 0) is 31.0 Å². The molecule has 0 aliphatic carbocycles. The van der Waals surface area contributed by atoms with Crippen molar-refractivity contribution in [3.8, 4) is 0 Å². The number of fused-ring (bicyclic) bond motifs is 1. The summed E-state index contributed by atoms with van der Waals surface area (Å²) in [6.07, 6.45) is 3.69. The monoisotopic (exact) mass is 339 g/mol. The van der Waals surface area contributed by atoms with Gasteiger partial charge in [-0.15, -0.1) is 0 Å². The predicted octanol–water partition coefficient (Wildman–Crippen LogP) is 3.06. The lowest BCUT2D eigenvalue weighted by Gasteiger charge is -2.21. The van der Waals surface area contributed by atoms with Gasteiger partial charge in [-0.3, -0.25) is 4.79 Å². The number of hydrogen-bond acceptors (Lipinski definition) is 5. The summed E-state index contributed by atoms with van der Waals surface area (Å²) >= 11 is 0. The topological polar surface area (TPSA) is 77.0 Å². The second kappa shape index (κ2) is 5.98. The average Bonchev–Trinajstić information content (AvgIpc) is 3.33. The standard InChI is InChI=1S/C18H21N5O2/c1-11(2)15-20-17(25-21-15)14-5-4-9-23(14)18(24)13-7-6-12-8-10-22(3)16(12)19-13/h6-8,10-11,14H,4-5,9H2,1-3H3/t14-/m0/s1. The lowest BCUT2D eigenvalue weighted by atomic mass is 10.2. The van der Waals surface area contributed by atoms with Gasteiger partial charge in [-0.1, -0.05) is 19.0 Å². The summed E-state index contributed by atoms with van der Waals surface area (Å²) in [5.74, 6) is 1.31. The molecule has 1 saturated heterocycles. The van der Waals surface area contributed by atoms with Crippen LogP contribution in [0.1, 0.15) is 60.9 Å². The summed E-state index contributed by atoms with van der Waals surface area (Å²) in [5.41, 5.74) is 1.26. The van der Waals surface area contributed by atoms with E-state index in [1.807, 2.05) is 43.8 Å². The van der Waals surface area contributed by atoms with E-state index < -0.39 is 0 Å². The Kier molecular flexibility index (Phi) is 3.78. The fourth-order valence-electron chi connectivity index (χ4n) is 3.28. The van der Waals surface area contributed by atoms with Crippen LogP contribution < -0.4 is 0 Å². The van der Waals surface area contributed by atoms with Crippen molar-refractivity contribution in [3.63, 3.8) is 0 Å². The Bertz CT molecular complexity index is 927. The summed E-state index contributed by atoms with van der Waals surface area (Å²) in [5, 5.41) is 5.05. The van der Waals surface area contributed by atoms with Crippen LogP contribution >= 0.6 is 0 Å². The highest BCUT2D eigenvalue weighted by Crippen LogP contribution is 2.32. The lowest BCUT2D eigenvalue weighted by Crippen LogP contribution is -2.31. The molecule has 25 heavy (non-hydrogen) atoms. The van der Waals surface area contributed by atoms with Crippen molar-refractivity contribution in [2.75, 3.05) is 6.54 Å². The van der Waals surface area contributed by atoms with Gasteiger partial charge in [0.05, 0.1) is 0 Å². The van der Waals surface area contributed by atoms with Gasteiger partial charge >= 0.3 is 0 Å². The summed E-state index contributed by atoms with van der Waals surface area (Å²) < 4.78 is 7.34. The van der Waals surface area contributed by atoms with Crippen molar-refractivity contribution in [1.29, 1.82) is 0 Å². The van der Waals surface area contributed by atoms with Crippen LogP contribution in [0.5, 0.6) is 0 Å². The van der Waals surface area contributed by atoms with Gasteiger partial charge in [0.2, 0.25) is 5.89 Å². The summed E-state index contributed by atoms with van der Waals surface area (Å²) in [6.45, 7) is 4.71. The number of amides is 1. The number of carbonyl (C=O) groups excluding carboxylic acids is 1. The maximum absolute atomic E-state index is 13.0. The Balaban J connectivity index is 1.63. The van der Waals surface area contributed by atoms with Crippen LogP contribution in [0.15, 0.2) is 28.9 Å². The van der Waals surface area contributed by atoms with Crippen molar-refractivity contribution in [2.45, 2.75) is 38.6 Å². The highest BCUT2D eigenvalue weighted by atomic mass is 16.5. The second-order valence-corrected chi connectivity index (χ2v) is 6.84. The molecule has 0 saturated carbocycles. The van der Waals surface area contributed by atoms with Gasteiger partial charge in [0.25, 0.3) is 5.91 Å². The minimum atomic E-state index is -0.168. The molecule has 1 atom stereocenters. The Morgan fingerprint density at radius 1 is 1.28 bits per heavy atom. The molecule has 3 aromatic heterocycles. The molecule has 1 amide bonds. The second-order valence-electron chi connectivity index (χ2n) is 6.84. The van der Waals surface area contributed by atoms with Crippen LogP contribution in [-0.4, -0.2) is 37.0 Å². The first-order valence-electron chi connectivity index (χ1n) is 8.61. The smallest absolute Gasteiger partial charge is 0.273 e. The van der Waals surface area contributed by atoms with Gasteiger partial charge in [-0.2, -0.15) is 4.98 Å². The molecule has 4 heterocycles. The SMILES string of the molecule is CC(C)c1noc([C@@H]2CCCN2C(=O)c2ccc3ccn(C)c3n2)n1. The van der Waals surface area contributed by atoms with Gasteiger partial charge in [0.1, 0.15) is 17.4 Å². The molecular formula is C18H21N5O2. The summed E-state index contributed by atoms with van der Waals surface area (Å²) in [6, 6.07) is 5.54. The number of aryl methyl sites for hydroxylation is 1. The first kappa shape index (κ1) is 15.8. The molecule has 0 N–H and O–H groups in total. The quantitative estimate of drug-likeness (QED) is 0.733. The molecule has 4 rings (SSSR count). The highest BCUT2D eigenvalue weighted by molar-refractivity contribution is 5.95. The Hall–Kier alpha value is -2.70. The fourth-order valence-corrected chi connectivity index (χ4v) is 3.28. The maximum Gasteiger partial charge on any atom is 0.273 e. The molecule has 0 bridgehead atoms. The zero-order chi connectivity index (χ0) is 17.6. The fraction of sp³-hybridized carbons (Fsp3) is 0.444. The molecule has 0 aromatic carbocycles. The molecule has 3 aromatic rings. The van der Waals surface area contributed by atoms with E-state index in [9.17, 15) is 4.79 Å². The van der Waals surface area contributed by atoms with E-state index in [-0.39, 0.29) is 17.9 Å². The van der Waals surface area contributed by atoms with E-state index in [1.54, 1.807) is 11.0 Å². The Labute approximate surface area is 145 Å². The van der Waals surface area contributed by atoms with Crippen LogP contribution in [0.2, 0.25) is 0 Å². The zero-order valence-electron chi connectivity index (χ0n) is 14.6. The van der Waals surface area contributed by atoms with E-state index in [0.29, 0.717) is 24.0 Å².